The quantitative estimate of drug-likeness (QED) is 0.871. The highest BCUT2D eigenvalue weighted by Crippen LogP contribution is 2.29. The van der Waals surface area contributed by atoms with Gasteiger partial charge in [-0.25, -0.2) is 0 Å². The fourth-order valence-electron chi connectivity index (χ4n) is 1.16. The van der Waals surface area contributed by atoms with Crippen LogP contribution in [-0.4, -0.2) is 11.5 Å². The van der Waals surface area contributed by atoms with E-state index in [9.17, 15) is 0 Å². The lowest BCUT2D eigenvalue weighted by molar-refractivity contribution is 0.377. The zero-order chi connectivity index (χ0) is 10.8. The third kappa shape index (κ3) is 2.84. The number of aromatic nitrogens is 1. The van der Waals surface area contributed by atoms with Crippen molar-refractivity contribution in [3.05, 3.63) is 28.0 Å². The van der Waals surface area contributed by atoms with Gasteiger partial charge in [-0.3, -0.25) is 4.98 Å². The molecule has 0 unspecified atom stereocenters. The van der Waals surface area contributed by atoms with Crippen molar-refractivity contribution in [1.29, 1.82) is 0 Å². The van der Waals surface area contributed by atoms with Crippen molar-refractivity contribution >= 4 is 23.2 Å². The molecule has 1 rings (SSSR count). The summed E-state index contributed by atoms with van der Waals surface area (Å²) in [7, 11) is 0. The maximum absolute atomic E-state index is 6.00. The Morgan fingerprint density at radius 1 is 1.29 bits per heavy atom. The van der Waals surface area contributed by atoms with Crippen molar-refractivity contribution in [2.75, 3.05) is 6.54 Å². The Bertz CT molecular complexity index is 304. The zero-order valence-electron chi connectivity index (χ0n) is 8.35. The van der Waals surface area contributed by atoms with Crippen LogP contribution in [0.1, 0.15) is 19.4 Å². The summed E-state index contributed by atoms with van der Waals surface area (Å²) in [6.07, 6.45) is 3.98. The maximum Gasteiger partial charge on any atom is 0.0636 e. The average molecular weight is 233 g/mol. The molecular weight excluding hydrogens is 219 g/mol. The first-order valence-corrected chi connectivity index (χ1v) is 5.20. The Hall–Kier alpha value is -0.310. The normalized spacial score (nSPS) is 11.8. The predicted molar refractivity (Wildman–Crippen MR) is 60.8 cm³/mol. The van der Waals surface area contributed by atoms with E-state index in [0.29, 0.717) is 16.6 Å². The van der Waals surface area contributed by atoms with Crippen molar-refractivity contribution in [3.8, 4) is 0 Å². The first-order valence-electron chi connectivity index (χ1n) is 4.44. The SMILES string of the molecule is CC(C)(CN)Cc1c(Cl)cncc1Cl. The van der Waals surface area contributed by atoms with Gasteiger partial charge >= 0.3 is 0 Å². The summed E-state index contributed by atoms with van der Waals surface area (Å²) in [4.78, 5) is 3.91. The molecule has 4 heteroatoms. The van der Waals surface area contributed by atoms with Gasteiger partial charge in [0, 0.05) is 12.4 Å². The van der Waals surface area contributed by atoms with E-state index < -0.39 is 0 Å². The van der Waals surface area contributed by atoms with E-state index in [1.54, 1.807) is 12.4 Å². The van der Waals surface area contributed by atoms with Crippen LogP contribution >= 0.6 is 23.2 Å². The van der Waals surface area contributed by atoms with Gasteiger partial charge in [0.2, 0.25) is 0 Å². The monoisotopic (exact) mass is 232 g/mol. The Morgan fingerprint density at radius 2 is 1.79 bits per heavy atom. The molecule has 1 heterocycles. The van der Waals surface area contributed by atoms with E-state index in [1.165, 1.54) is 0 Å². The number of nitrogens with two attached hydrogens (primary N) is 1. The van der Waals surface area contributed by atoms with Gasteiger partial charge in [-0.15, -0.1) is 0 Å². The van der Waals surface area contributed by atoms with Crippen LogP contribution in [0.2, 0.25) is 10.0 Å². The first kappa shape index (κ1) is 11.8. The van der Waals surface area contributed by atoms with Crippen molar-refractivity contribution in [1.82, 2.24) is 4.98 Å². The number of pyridine rings is 1. The molecule has 14 heavy (non-hydrogen) atoms. The summed E-state index contributed by atoms with van der Waals surface area (Å²) >= 11 is 12.0. The molecule has 0 aromatic carbocycles. The second kappa shape index (κ2) is 4.47. The lowest BCUT2D eigenvalue weighted by Gasteiger charge is -2.23. The summed E-state index contributed by atoms with van der Waals surface area (Å²) < 4.78 is 0. The van der Waals surface area contributed by atoms with Gasteiger partial charge in [0.15, 0.2) is 0 Å². The number of rotatable bonds is 3. The average Bonchev–Trinajstić information content (AvgIpc) is 2.12. The molecule has 0 bridgehead atoms. The molecule has 0 aliphatic rings. The third-order valence-corrected chi connectivity index (χ3v) is 2.81. The molecule has 1 aromatic heterocycles. The van der Waals surface area contributed by atoms with Gasteiger partial charge in [-0.1, -0.05) is 37.0 Å². The van der Waals surface area contributed by atoms with E-state index in [0.717, 1.165) is 12.0 Å². The van der Waals surface area contributed by atoms with Gasteiger partial charge in [0.05, 0.1) is 10.0 Å². The smallest absolute Gasteiger partial charge is 0.0636 e. The van der Waals surface area contributed by atoms with Crippen LogP contribution in [0.4, 0.5) is 0 Å². The summed E-state index contributed by atoms with van der Waals surface area (Å²) in [5, 5.41) is 1.22. The second-order valence-electron chi connectivity index (χ2n) is 4.13. The van der Waals surface area contributed by atoms with Crippen molar-refractivity contribution in [2.45, 2.75) is 20.3 Å². The Balaban J connectivity index is 2.97. The lowest BCUT2D eigenvalue weighted by atomic mass is 9.86. The minimum Gasteiger partial charge on any atom is -0.330 e. The molecule has 2 N–H and O–H groups in total. The molecule has 0 saturated carbocycles. The topological polar surface area (TPSA) is 38.9 Å². The van der Waals surface area contributed by atoms with Crippen molar-refractivity contribution in [2.24, 2.45) is 11.1 Å². The van der Waals surface area contributed by atoms with Crippen LogP contribution in [0.5, 0.6) is 0 Å². The van der Waals surface area contributed by atoms with E-state index in [4.69, 9.17) is 28.9 Å². The van der Waals surface area contributed by atoms with Crippen molar-refractivity contribution < 1.29 is 0 Å². The molecule has 0 saturated heterocycles. The van der Waals surface area contributed by atoms with Gasteiger partial charge in [-0.2, -0.15) is 0 Å². The molecule has 0 aliphatic carbocycles. The molecule has 1 aromatic rings. The highest BCUT2D eigenvalue weighted by molar-refractivity contribution is 6.35. The summed E-state index contributed by atoms with van der Waals surface area (Å²) in [6.45, 7) is 4.77. The highest BCUT2D eigenvalue weighted by Gasteiger charge is 2.19. The molecule has 0 amide bonds. The van der Waals surface area contributed by atoms with Crippen molar-refractivity contribution in [3.63, 3.8) is 0 Å². The first-order chi connectivity index (χ1) is 6.46. The maximum atomic E-state index is 6.00. The fourth-order valence-corrected chi connectivity index (χ4v) is 1.66. The molecule has 78 valence electrons. The van der Waals surface area contributed by atoms with Crippen LogP contribution in [0.3, 0.4) is 0 Å². The third-order valence-electron chi connectivity index (χ3n) is 2.16. The van der Waals surface area contributed by atoms with E-state index >= 15 is 0 Å². The Labute approximate surface area is 94.4 Å². The van der Waals surface area contributed by atoms with E-state index in [1.807, 2.05) is 0 Å². The minimum atomic E-state index is 0.00856. The van der Waals surface area contributed by atoms with Crippen LogP contribution < -0.4 is 5.73 Å². The molecule has 0 spiro atoms. The number of halogens is 2. The van der Waals surface area contributed by atoms with E-state index in [2.05, 4.69) is 18.8 Å². The molecule has 0 aliphatic heterocycles. The zero-order valence-corrected chi connectivity index (χ0v) is 9.86. The number of nitrogens with zero attached hydrogens (tertiary/aromatic N) is 1. The summed E-state index contributed by atoms with van der Waals surface area (Å²) in [5.41, 5.74) is 6.59. The van der Waals surface area contributed by atoms with Gasteiger partial charge < -0.3 is 5.73 Å². The lowest BCUT2D eigenvalue weighted by Crippen LogP contribution is -2.26. The second-order valence-corrected chi connectivity index (χ2v) is 4.94. The summed E-state index contributed by atoms with van der Waals surface area (Å²) in [6, 6.07) is 0. The van der Waals surface area contributed by atoms with Gasteiger partial charge in [-0.05, 0) is 23.9 Å². The van der Waals surface area contributed by atoms with Gasteiger partial charge in [0.25, 0.3) is 0 Å². The van der Waals surface area contributed by atoms with Crippen LogP contribution in [0, 0.1) is 5.41 Å². The predicted octanol–water partition coefficient (Wildman–Crippen LogP) is 2.92. The number of hydrogen-bond donors (Lipinski definition) is 1. The molecule has 2 nitrogen and oxygen atoms in total. The largest absolute Gasteiger partial charge is 0.330 e. The molecule has 0 atom stereocenters. The molecule has 0 fully saturated rings. The summed E-state index contributed by atoms with van der Waals surface area (Å²) in [5.74, 6) is 0. The Morgan fingerprint density at radius 3 is 2.21 bits per heavy atom. The highest BCUT2D eigenvalue weighted by atomic mass is 35.5. The van der Waals surface area contributed by atoms with Crippen LogP contribution in [0.25, 0.3) is 0 Å². The molecule has 0 radical (unpaired) electrons. The Kier molecular flexibility index (Phi) is 3.76. The minimum absolute atomic E-state index is 0.00856. The standard InChI is InChI=1S/C10H14Cl2N2/c1-10(2,6-13)3-7-8(11)4-14-5-9(7)12/h4-5H,3,6,13H2,1-2H3. The number of hydrogen-bond acceptors (Lipinski definition) is 2. The van der Waals surface area contributed by atoms with Crippen LogP contribution in [-0.2, 0) is 6.42 Å². The molecular formula is C10H14Cl2N2. The van der Waals surface area contributed by atoms with Crippen LogP contribution in [0.15, 0.2) is 12.4 Å². The fraction of sp³-hybridized carbons (Fsp3) is 0.500. The van der Waals surface area contributed by atoms with Gasteiger partial charge in [0.1, 0.15) is 0 Å². The van der Waals surface area contributed by atoms with E-state index in [-0.39, 0.29) is 5.41 Å².